The smallest absolute Gasteiger partial charge is 0.307 e. The summed E-state index contributed by atoms with van der Waals surface area (Å²) in [6.45, 7) is 0.387. The second-order valence-electron chi connectivity index (χ2n) is 4.36. The monoisotopic (exact) mass is 242 g/mol. The molecule has 0 bridgehead atoms. The largest absolute Gasteiger partial charge is 0.330 e. The van der Waals surface area contributed by atoms with Gasteiger partial charge in [0.25, 0.3) is 0 Å². The minimum Gasteiger partial charge on any atom is -0.330 e. The van der Waals surface area contributed by atoms with Crippen molar-refractivity contribution in [2.45, 2.75) is 24.7 Å². The molecule has 1 saturated carbocycles. The van der Waals surface area contributed by atoms with E-state index in [-0.39, 0.29) is 5.56 Å². The van der Waals surface area contributed by atoms with Gasteiger partial charge in [-0.25, -0.2) is 4.39 Å². The van der Waals surface area contributed by atoms with Gasteiger partial charge in [-0.2, -0.15) is 4.39 Å². The summed E-state index contributed by atoms with van der Waals surface area (Å²) in [5, 5.41) is 10.5. The maximum absolute atomic E-state index is 13.7. The highest BCUT2D eigenvalue weighted by Crippen LogP contribution is 2.52. The fourth-order valence-electron chi connectivity index (χ4n) is 2.16. The number of rotatable bonds is 4. The molecule has 1 aliphatic rings. The molecule has 0 amide bonds. The molecule has 1 aliphatic carbocycles. The van der Waals surface area contributed by atoms with E-state index in [0.717, 1.165) is 18.9 Å². The van der Waals surface area contributed by atoms with Gasteiger partial charge in [0, 0.05) is 0 Å². The Morgan fingerprint density at radius 1 is 1.35 bits per heavy atom. The zero-order chi connectivity index (χ0) is 12.6. The standard InChI is InChI=1S/C11H12F2N2O2/c12-8-6-10(15(16)17)9(13)5-7(8)11(1-2-11)3-4-14/h5-6H,1-4,14H2. The molecule has 2 N–H and O–H groups in total. The molecule has 1 aromatic rings. The third kappa shape index (κ3) is 2.00. The summed E-state index contributed by atoms with van der Waals surface area (Å²) in [6, 6.07) is 1.59. The molecule has 0 saturated heterocycles. The topological polar surface area (TPSA) is 69.2 Å². The highest BCUT2D eigenvalue weighted by Gasteiger charge is 2.45. The SMILES string of the molecule is NCCC1(c2cc(F)c([N+](=O)[O-])cc2F)CC1. The van der Waals surface area contributed by atoms with Gasteiger partial charge in [0.15, 0.2) is 0 Å². The van der Waals surface area contributed by atoms with Gasteiger partial charge in [-0.15, -0.1) is 0 Å². The van der Waals surface area contributed by atoms with Crippen LogP contribution in [-0.2, 0) is 5.41 Å². The summed E-state index contributed by atoms with van der Waals surface area (Å²) in [7, 11) is 0. The second-order valence-corrected chi connectivity index (χ2v) is 4.36. The van der Waals surface area contributed by atoms with Crippen LogP contribution in [0.2, 0.25) is 0 Å². The van der Waals surface area contributed by atoms with Crippen molar-refractivity contribution in [2.75, 3.05) is 6.54 Å². The Balaban J connectivity index is 2.44. The Kier molecular flexibility index (Phi) is 2.82. The number of nitrogens with two attached hydrogens (primary N) is 1. The lowest BCUT2D eigenvalue weighted by Gasteiger charge is -2.15. The molecule has 1 aromatic carbocycles. The van der Waals surface area contributed by atoms with Crippen LogP contribution in [0.4, 0.5) is 14.5 Å². The van der Waals surface area contributed by atoms with Crippen molar-refractivity contribution >= 4 is 5.69 Å². The molecule has 2 rings (SSSR count). The molecule has 0 unspecified atom stereocenters. The molecule has 1 fully saturated rings. The Hall–Kier alpha value is -1.56. The lowest BCUT2D eigenvalue weighted by Crippen LogP contribution is -2.15. The van der Waals surface area contributed by atoms with Gasteiger partial charge in [-0.05, 0) is 42.9 Å². The van der Waals surface area contributed by atoms with Gasteiger partial charge in [0.2, 0.25) is 5.82 Å². The summed E-state index contributed by atoms with van der Waals surface area (Å²) < 4.78 is 27.2. The molecular weight excluding hydrogens is 230 g/mol. The van der Waals surface area contributed by atoms with Crippen LogP contribution in [0.15, 0.2) is 12.1 Å². The van der Waals surface area contributed by atoms with Gasteiger partial charge in [-0.1, -0.05) is 0 Å². The van der Waals surface area contributed by atoms with Crippen molar-refractivity contribution in [2.24, 2.45) is 5.73 Å². The van der Waals surface area contributed by atoms with Crippen molar-refractivity contribution in [3.05, 3.63) is 39.4 Å². The summed E-state index contributed by atoms with van der Waals surface area (Å²) in [5.41, 5.74) is 4.42. The zero-order valence-electron chi connectivity index (χ0n) is 9.08. The lowest BCUT2D eigenvalue weighted by atomic mass is 9.91. The summed E-state index contributed by atoms with van der Waals surface area (Å²) >= 11 is 0. The van der Waals surface area contributed by atoms with E-state index in [1.807, 2.05) is 0 Å². The molecule has 0 radical (unpaired) electrons. The number of benzene rings is 1. The number of hydrogen-bond donors (Lipinski definition) is 1. The number of nitro benzene ring substituents is 1. The molecule has 0 aliphatic heterocycles. The Morgan fingerprint density at radius 3 is 2.47 bits per heavy atom. The Bertz CT molecular complexity index is 473. The van der Waals surface area contributed by atoms with Crippen molar-refractivity contribution in [1.82, 2.24) is 0 Å². The average Bonchev–Trinajstić information content (AvgIpc) is 3.02. The second kappa shape index (κ2) is 4.03. The van der Waals surface area contributed by atoms with Crippen molar-refractivity contribution in [3.63, 3.8) is 0 Å². The van der Waals surface area contributed by atoms with Gasteiger partial charge >= 0.3 is 5.69 Å². The van der Waals surface area contributed by atoms with Crippen LogP contribution in [0.1, 0.15) is 24.8 Å². The molecule has 6 heteroatoms. The van der Waals surface area contributed by atoms with Crippen molar-refractivity contribution < 1.29 is 13.7 Å². The zero-order valence-corrected chi connectivity index (χ0v) is 9.08. The predicted molar refractivity (Wildman–Crippen MR) is 57.6 cm³/mol. The van der Waals surface area contributed by atoms with E-state index in [1.54, 1.807) is 0 Å². The van der Waals surface area contributed by atoms with Gasteiger partial charge in [0.05, 0.1) is 11.0 Å². The van der Waals surface area contributed by atoms with E-state index in [9.17, 15) is 18.9 Å². The van der Waals surface area contributed by atoms with Crippen molar-refractivity contribution in [1.29, 1.82) is 0 Å². The maximum atomic E-state index is 13.7. The highest BCUT2D eigenvalue weighted by molar-refractivity contribution is 5.41. The van der Waals surface area contributed by atoms with Gasteiger partial charge in [-0.3, -0.25) is 10.1 Å². The number of hydrogen-bond acceptors (Lipinski definition) is 3. The quantitative estimate of drug-likeness (QED) is 0.650. The van der Waals surface area contributed by atoms with Crippen molar-refractivity contribution in [3.8, 4) is 0 Å². The first-order valence-electron chi connectivity index (χ1n) is 5.34. The third-order valence-electron chi connectivity index (χ3n) is 3.28. The minimum atomic E-state index is -0.991. The van der Waals surface area contributed by atoms with Crippen LogP contribution >= 0.6 is 0 Å². The summed E-state index contributed by atoms with van der Waals surface area (Å²) in [6.07, 6.45) is 2.07. The van der Waals surface area contributed by atoms with Crippen LogP contribution in [0.5, 0.6) is 0 Å². The molecule has 17 heavy (non-hydrogen) atoms. The first-order chi connectivity index (χ1) is 8.00. The highest BCUT2D eigenvalue weighted by atomic mass is 19.1. The average molecular weight is 242 g/mol. The Morgan fingerprint density at radius 2 is 2.00 bits per heavy atom. The molecule has 0 heterocycles. The van der Waals surface area contributed by atoms with E-state index in [1.165, 1.54) is 0 Å². The van der Waals surface area contributed by atoms with Gasteiger partial charge < -0.3 is 5.73 Å². The molecule has 0 atom stereocenters. The minimum absolute atomic E-state index is 0.214. The summed E-state index contributed by atoms with van der Waals surface area (Å²) in [5.74, 6) is -1.71. The van der Waals surface area contributed by atoms with E-state index in [2.05, 4.69) is 0 Å². The first kappa shape index (κ1) is 11.9. The van der Waals surface area contributed by atoms with Crippen LogP contribution in [0, 0.1) is 21.7 Å². The van der Waals surface area contributed by atoms with E-state index >= 15 is 0 Å². The molecule has 0 spiro atoms. The van der Waals surface area contributed by atoms with E-state index in [4.69, 9.17) is 5.73 Å². The molecule has 4 nitrogen and oxygen atoms in total. The Labute approximate surface area is 96.6 Å². The molecular formula is C11H12F2N2O2. The number of nitro groups is 1. The van der Waals surface area contributed by atoms with Crippen LogP contribution in [-0.4, -0.2) is 11.5 Å². The van der Waals surface area contributed by atoms with Crippen LogP contribution in [0.25, 0.3) is 0 Å². The summed E-state index contributed by atoms with van der Waals surface area (Å²) in [4.78, 5) is 9.53. The van der Waals surface area contributed by atoms with E-state index in [0.29, 0.717) is 19.0 Å². The van der Waals surface area contributed by atoms with Crippen LogP contribution in [0.3, 0.4) is 0 Å². The number of halogens is 2. The van der Waals surface area contributed by atoms with Gasteiger partial charge in [0.1, 0.15) is 5.82 Å². The normalized spacial score (nSPS) is 16.9. The fraction of sp³-hybridized carbons (Fsp3) is 0.455. The third-order valence-corrected chi connectivity index (χ3v) is 3.28. The predicted octanol–water partition coefficient (Wildman–Crippen LogP) is 2.25. The fourth-order valence-corrected chi connectivity index (χ4v) is 2.16. The van der Waals surface area contributed by atoms with Crippen LogP contribution < -0.4 is 5.73 Å². The lowest BCUT2D eigenvalue weighted by molar-refractivity contribution is -0.387. The molecule has 92 valence electrons. The number of nitrogens with zero attached hydrogens (tertiary/aromatic N) is 1. The van der Waals surface area contributed by atoms with E-state index < -0.39 is 27.7 Å². The first-order valence-corrected chi connectivity index (χ1v) is 5.34. The molecule has 0 aromatic heterocycles. The maximum Gasteiger partial charge on any atom is 0.307 e.